The van der Waals surface area contributed by atoms with Crippen molar-refractivity contribution in [2.75, 3.05) is 0 Å². The Morgan fingerprint density at radius 2 is 2.00 bits per heavy atom. The maximum absolute atomic E-state index is 13.8. The maximum atomic E-state index is 13.8. The normalized spacial score (nSPS) is 12.9. The summed E-state index contributed by atoms with van der Waals surface area (Å²) in [5.41, 5.74) is -1.72. The van der Waals surface area contributed by atoms with E-state index >= 15 is 0 Å². The van der Waals surface area contributed by atoms with Gasteiger partial charge >= 0.3 is 6.18 Å². The van der Waals surface area contributed by atoms with Gasteiger partial charge in [0.1, 0.15) is 5.82 Å². The smallest absolute Gasteiger partial charge is 0.206 e. The van der Waals surface area contributed by atoms with Crippen molar-refractivity contribution in [1.29, 1.82) is 5.26 Å². The Labute approximate surface area is 113 Å². The molecule has 0 atom stereocenters. The Bertz CT molecular complexity index is 541. The highest BCUT2D eigenvalue weighted by molar-refractivity contribution is 6.49. The molecule has 1 aromatic carbocycles. The Morgan fingerprint density at radius 3 is 2.47 bits per heavy atom. The van der Waals surface area contributed by atoms with Crippen molar-refractivity contribution < 1.29 is 17.6 Å². The number of rotatable bonds is 3. The van der Waals surface area contributed by atoms with Crippen LogP contribution in [0.5, 0.6) is 0 Å². The molecule has 0 bridgehead atoms. The number of hydrogen-bond donors (Lipinski definition) is 0. The van der Waals surface area contributed by atoms with Crippen LogP contribution in [0.2, 0.25) is 0 Å². The number of hydrogen-bond acceptors (Lipinski definition) is 1. The summed E-state index contributed by atoms with van der Waals surface area (Å²) < 4.78 is 51.5. The van der Waals surface area contributed by atoms with Crippen LogP contribution in [0.3, 0.4) is 0 Å². The monoisotopic (exact) mass is 291 g/mol. The Balaban J connectivity index is 3.42. The highest BCUT2D eigenvalue weighted by atomic mass is 35.5. The van der Waals surface area contributed by atoms with Gasteiger partial charge in [-0.15, -0.1) is 0 Å². The molecule has 1 rings (SSSR count). The number of benzene rings is 1. The molecular formula is C13H10ClF4N. The molecule has 0 radical (unpaired) electrons. The van der Waals surface area contributed by atoms with Gasteiger partial charge in [-0.1, -0.05) is 37.1 Å². The summed E-state index contributed by atoms with van der Waals surface area (Å²) in [6.45, 7) is 1.78. The Morgan fingerprint density at radius 1 is 1.37 bits per heavy atom. The number of halogens is 5. The maximum Gasteiger partial charge on any atom is 0.419 e. The quantitative estimate of drug-likeness (QED) is 0.560. The first-order valence-corrected chi connectivity index (χ1v) is 5.85. The molecule has 1 aromatic rings. The highest BCUT2D eigenvalue weighted by Crippen LogP contribution is 2.36. The lowest BCUT2D eigenvalue weighted by Crippen LogP contribution is -2.09. The van der Waals surface area contributed by atoms with Gasteiger partial charge in [0.05, 0.1) is 16.7 Å². The predicted octanol–water partition coefficient (Wildman–Crippen LogP) is 5.12. The third-order valence-electron chi connectivity index (χ3n) is 2.44. The van der Waals surface area contributed by atoms with Gasteiger partial charge in [-0.05, 0) is 12.5 Å². The lowest BCUT2D eigenvalue weighted by atomic mass is 10.0. The van der Waals surface area contributed by atoms with Crippen LogP contribution in [0.15, 0.2) is 23.8 Å². The molecular weight excluding hydrogens is 282 g/mol. The van der Waals surface area contributed by atoms with Gasteiger partial charge in [0.25, 0.3) is 0 Å². The second kappa shape index (κ2) is 6.07. The van der Waals surface area contributed by atoms with E-state index in [-0.39, 0.29) is 17.0 Å². The molecule has 0 heterocycles. The Hall–Kier alpha value is -1.54. The highest BCUT2D eigenvalue weighted by Gasteiger charge is 2.35. The van der Waals surface area contributed by atoms with E-state index in [1.165, 1.54) is 0 Å². The zero-order valence-corrected chi connectivity index (χ0v) is 10.7. The van der Waals surface area contributed by atoms with Gasteiger partial charge in [0.2, 0.25) is 0 Å². The fourth-order valence-electron chi connectivity index (χ4n) is 1.55. The largest absolute Gasteiger partial charge is 0.419 e. The molecule has 0 amide bonds. The van der Waals surface area contributed by atoms with Crippen LogP contribution in [-0.4, -0.2) is 0 Å². The van der Waals surface area contributed by atoms with E-state index in [0.29, 0.717) is 12.5 Å². The zero-order chi connectivity index (χ0) is 14.6. The number of alkyl halides is 3. The minimum Gasteiger partial charge on any atom is -0.206 e. The van der Waals surface area contributed by atoms with Crippen molar-refractivity contribution in [2.24, 2.45) is 0 Å². The van der Waals surface area contributed by atoms with E-state index in [0.717, 1.165) is 12.1 Å². The summed E-state index contributed by atoms with van der Waals surface area (Å²) in [5, 5.41) is 8.60. The molecule has 0 unspecified atom stereocenters. The number of nitrogens with zero attached hydrogens (tertiary/aromatic N) is 1. The van der Waals surface area contributed by atoms with Gasteiger partial charge in [-0.25, -0.2) is 4.39 Å². The molecule has 0 fully saturated rings. The fraction of sp³-hybridized carbons (Fsp3) is 0.308. The molecule has 6 heteroatoms. The molecule has 1 nitrogen and oxygen atoms in total. The first-order valence-electron chi connectivity index (χ1n) is 5.47. The minimum absolute atomic E-state index is 0.0717. The van der Waals surface area contributed by atoms with Gasteiger partial charge in [-0.3, -0.25) is 0 Å². The van der Waals surface area contributed by atoms with Crippen LogP contribution >= 0.6 is 11.6 Å². The minimum atomic E-state index is -4.80. The second-order valence-electron chi connectivity index (χ2n) is 3.82. The van der Waals surface area contributed by atoms with Crippen molar-refractivity contribution in [3.63, 3.8) is 0 Å². The SMILES string of the molecule is CCCC(C#N)=C(Cl)c1cccc(C(F)(F)F)c1F. The average Bonchev–Trinajstić information content (AvgIpc) is 2.34. The zero-order valence-electron chi connectivity index (χ0n) is 9.98. The lowest BCUT2D eigenvalue weighted by Gasteiger charge is -2.11. The molecule has 0 aliphatic rings. The molecule has 0 aromatic heterocycles. The third-order valence-corrected chi connectivity index (χ3v) is 2.87. The van der Waals surface area contributed by atoms with E-state index in [1.807, 2.05) is 0 Å². The van der Waals surface area contributed by atoms with Crippen LogP contribution in [-0.2, 0) is 6.18 Å². The van der Waals surface area contributed by atoms with Crippen molar-refractivity contribution in [1.82, 2.24) is 0 Å². The van der Waals surface area contributed by atoms with Crippen LogP contribution < -0.4 is 0 Å². The molecule has 0 saturated heterocycles. The molecule has 19 heavy (non-hydrogen) atoms. The topological polar surface area (TPSA) is 23.8 Å². The molecule has 0 N–H and O–H groups in total. The third kappa shape index (κ3) is 3.48. The molecule has 0 aliphatic heterocycles. The summed E-state index contributed by atoms with van der Waals surface area (Å²) >= 11 is 5.83. The van der Waals surface area contributed by atoms with Gasteiger partial charge in [0, 0.05) is 11.1 Å². The predicted molar refractivity (Wildman–Crippen MR) is 64.7 cm³/mol. The Kier molecular flexibility index (Phi) is 4.96. The van der Waals surface area contributed by atoms with E-state index in [9.17, 15) is 17.6 Å². The number of allylic oxidation sites excluding steroid dienone is 1. The van der Waals surface area contributed by atoms with Gasteiger partial charge in [0.15, 0.2) is 0 Å². The summed E-state index contributed by atoms with van der Waals surface area (Å²) in [6.07, 6.45) is -3.93. The van der Waals surface area contributed by atoms with E-state index < -0.39 is 23.1 Å². The fourth-order valence-corrected chi connectivity index (χ4v) is 1.83. The van der Waals surface area contributed by atoms with E-state index in [4.69, 9.17) is 16.9 Å². The van der Waals surface area contributed by atoms with Crippen molar-refractivity contribution in [2.45, 2.75) is 25.9 Å². The standard InChI is InChI=1S/C13H10ClF4N/c1-2-4-8(7-19)11(14)9-5-3-6-10(12(9)15)13(16,17)18/h3,5-6H,2,4H2,1H3. The lowest BCUT2D eigenvalue weighted by molar-refractivity contribution is -0.140. The van der Waals surface area contributed by atoms with Crippen molar-refractivity contribution in [3.05, 3.63) is 40.7 Å². The second-order valence-corrected chi connectivity index (χ2v) is 4.20. The van der Waals surface area contributed by atoms with E-state index in [1.54, 1.807) is 13.0 Å². The van der Waals surface area contributed by atoms with Crippen molar-refractivity contribution >= 4 is 16.6 Å². The first kappa shape index (κ1) is 15.5. The van der Waals surface area contributed by atoms with Gasteiger partial charge in [-0.2, -0.15) is 18.4 Å². The van der Waals surface area contributed by atoms with Gasteiger partial charge < -0.3 is 0 Å². The molecule has 102 valence electrons. The molecule has 0 saturated carbocycles. The van der Waals surface area contributed by atoms with Crippen LogP contribution in [0.1, 0.15) is 30.9 Å². The van der Waals surface area contributed by atoms with Crippen LogP contribution in [0, 0.1) is 17.1 Å². The summed E-state index contributed by atoms with van der Waals surface area (Å²) in [6, 6.07) is 4.61. The molecule has 0 aliphatic carbocycles. The first-order chi connectivity index (χ1) is 8.82. The summed E-state index contributed by atoms with van der Waals surface area (Å²) in [4.78, 5) is 0. The summed E-state index contributed by atoms with van der Waals surface area (Å²) in [7, 11) is 0. The van der Waals surface area contributed by atoms with Crippen LogP contribution in [0.25, 0.3) is 5.03 Å². The average molecular weight is 292 g/mol. The van der Waals surface area contributed by atoms with Crippen LogP contribution in [0.4, 0.5) is 17.6 Å². The number of nitriles is 1. The van der Waals surface area contributed by atoms with E-state index in [2.05, 4.69) is 0 Å². The summed E-state index contributed by atoms with van der Waals surface area (Å²) in [5.74, 6) is -1.45. The molecule has 0 spiro atoms. The van der Waals surface area contributed by atoms with Crippen molar-refractivity contribution in [3.8, 4) is 6.07 Å².